The molecule has 6 nitrogen and oxygen atoms in total. The van der Waals surface area contributed by atoms with E-state index >= 15 is 4.39 Å². The van der Waals surface area contributed by atoms with E-state index in [1.165, 1.54) is 4.57 Å². The number of rotatable bonds is 7. The van der Waals surface area contributed by atoms with Crippen LogP contribution in [0.5, 0.6) is 11.5 Å². The Morgan fingerprint density at radius 3 is 2.59 bits per heavy atom. The van der Waals surface area contributed by atoms with Crippen LogP contribution in [0.25, 0.3) is 17.2 Å². The van der Waals surface area contributed by atoms with Crippen molar-refractivity contribution in [3.05, 3.63) is 87.0 Å². The maximum absolute atomic E-state index is 15.2. The van der Waals surface area contributed by atoms with Crippen molar-refractivity contribution in [3.63, 3.8) is 0 Å². The summed E-state index contributed by atoms with van der Waals surface area (Å²) >= 11 is 0. The van der Waals surface area contributed by atoms with Gasteiger partial charge < -0.3 is 9.30 Å². The highest BCUT2D eigenvalue weighted by molar-refractivity contribution is 7.90. The third-order valence-corrected chi connectivity index (χ3v) is 7.48. The first-order valence-electron chi connectivity index (χ1n) is 11.0. The summed E-state index contributed by atoms with van der Waals surface area (Å²) in [6.45, 7) is 6.96. The zero-order valence-electron chi connectivity index (χ0n) is 19.5. The summed E-state index contributed by atoms with van der Waals surface area (Å²) in [5.74, 6) is -0.168. The SMILES string of the molecule is CCS(=O)(=O)Cc1ccc(Oc2cccc(C(C)C)c2F)c(-c2cn(C)c(=O)c3c2=C[CH]N=3)c1. The minimum atomic E-state index is -3.28. The average molecular weight is 482 g/mol. The number of nitrogens with zero attached hydrogens (tertiary/aromatic N) is 2. The van der Waals surface area contributed by atoms with Crippen molar-refractivity contribution >= 4 is 15.9 Å². The summed E-state index contributed by atoms with van der Waals surface area (Å²) in [5.41, 5.74) is 2.05. The summed E-state index contributed by atoms with van der Waals surface area (Å²) in [6, 6.07) is 10.0. The number of hydrogen-bond donors (Lipinski definition) is 0. The predicted octanol–water partition coefficient (Wildman–Crippen LogP) is 3.62. The lowest BCUT2D eigenvalue weighted by Gasteiger charge is -2.16. The van der Waals surface area contributed by atoms with Crippen LogP contribution in [0, 0.1) is 12.4 Å². The highest BCUT2D eigenvalue weighted by Crippen LogP contribution is 2.36. The number of pyridine rings is 1. The van der Waals surface area contributed by atoms with E-state index in [1.54, 1.807) is 69.2 Å². The van der Waals surface area contributed by atoms with Crippen molar-refractivity contribution in [2.45, 2.75) is 32.4 Å². The van der Waals surface area contributed by atoms with Crippen molar-refractivity contribution in [1.29, 1.82) is 0 Å². The molecule has 0 amide bonds. The minimum absolute atomic E-state index is 0.0185. The predicted molar refractivity (Wildman–Crippen MR) is 130 cm³/mol. The van der Waals surface area contributed by atoms with Crippen molar-refractivity contribution in [1.82, 2.24) is 4.57 Å². The number of aryl methyl sites for hydroxylation is 1. The van der Waals surface area contributed by atoms with E-state index in [9.17, 15) is 13.2 Å². The second kappa shape index (κ2) is 9.18. The number of benzene rings is 2. The highest BCUT2D eigenvalue weighted by atomic mass is 32.2. The van der Waals surface area contributed by atoms with Crippen LogP contribution in [-0.2, 0) is 22.6 Å². The minimum Gasteiger partial charge on any atom is -0.454 e. The Labute approximate surface area is 198 Å². The number of hydrogen-bond acceptors (Lipinski definition) is 5. The molecule has 4 rings (SSSR count). The summed E-state index contributed by atoms with van der Waals surface area (Å²) in [7, 11) is -1.66. The van der Waals surface area contributed by atoms with Crippen LogP contribution < -0.4 is 20.9 Å². The van der Waals surface area contributed by atoms with Gasteiger partial charge in [0, 0.05) is 35.3 Å². The fraction of sp³-hybridized carbons (Fsp3) is 0.269. The van der Waals surface area contributed by atoms with E-state index in [4.69, 9.17) is 4.74 Å². The smallest absolute Gasteiger partial charge is 0.276 e. The van der Waals surface area contributed by atoms with Gasteiger partial charge in [0.25, 0.3) is 5.56 Å². The standard InChI is InChI=1S/C26H26FN2O4S/c1-5-34(31,32)15-17-9-10-22(33-23-8-6-7-18(16(2)3)24(23)27)20(13-17)21-14-29(4)26(30)25-19(21)11-12-28-25/h6-14,16H,5,15H2,1-4H3. The van der Waals surface area contributed by atoms with Gasteiger partial charge in [-0.2, -0.15) is 0 Å². The van der Waals surface area contributed by atoms with Gasteiger partial charge in [0.05, 0.1) is 12.3 Å². The summed E-state index contributed by atoms with van der Waals surface area (Å²) in [6.07, 6.45) is 3.39. The van der Waals surface area contributed by atoms with Gasteiger partial charge in [-0.05, 0) is 41.3 Å². The molecule has 0 bridgehead atoms. The third kappa shape index (κ3) is 4.55. The Morgan fingerprint density at radius 1 is 1.12 bits per heavy atom. The van der Waals surface area contributed by atoms with Gasteiger partial charge in [0.2, 0.25) is 0 Å². The second-order valence-corrected chi connectivity index (χ2v) is 10.9. The van der Waals surface area contributed by atoms with Crippen LogP contribution in [-0.4, -0.2) is 18.7 Å². The first-order chi connectivity index (χ1) is 16.1. The third-order valence-electron chi connectivity index (χ3n) is 5.83. The molecule has 34 heavy (non-hydrogen) atoms. The molecule has 0 N–H and O–H groups in total. The first kappa shape index (κ1) is 23.9. The fourth-order valence-corrected chi connectivity index (χ4v) is 4.81. The zero-order valence-corrected chi connectivity index (χ0v) is 20.3. The lowest BCUT2D eigenvalue weighted by atomic mass is 10.0. The van der Waals surface area contributed by atoms with Crippen LogP contribution in [0.2, 0.25) is 0 Å². The second-order valence-electron chi connectivity index (χ2n) is 8.59. The van der Waals surface area contributed by atoms with E-state index in [2.05, 4.69) is 4.99 Å². The molecule has 1 aliphatic heterocycles. The molecule has 0 saturated heterocycles. The first-order valence-corrected chi connectivity index (χ1v) is 12.8. The van der Waals surface area contributed by atoms with E-state index in [-0.39, 0.29) is 28.7 Å². The molecule has 0 unspecified atom stereocenters. The summed E-state index contributed by atoms with van der Waals surface area (Å²) in [4.78, 5) is 16.7. The molecular weight excluding hydrogens is 455 g/mol. The Morgan fingerprint density at radius 2 is 1.88 bits per heavy atom. The van der Waals surface area contributed by atoms with Gasteiger partial charge in [-0.15, -0.1) is 0 Å². The van der Waals surface area contributed by atoms with Crippen LogP contribution in [0.3, 0.4) is 0 Å². The van der Waals surface area contributed by atoms with Crippen molar-refractivity contribution in [3.8, 4) is 22.6 Å². The van der Waals surface area contributed by atoms with Gasteiger partial charge in [0.15, 0.2) is 21.4 Å². The molecule has 0 spiro atoms. The lowest BCUT2D eigenvalue weighted by Crippen LogP contribution is -2.43. The number of halogens is 1. The number of sulfone groups is 1. The van der Waals surface area contributed by atoms with Crippen molar-refractivity contribution < 1.29 is 17.5 Å². The molecule has 3 aromatic rings. The Hall–Kier alpha value is -3.26. The number of aromatic nitrogens is 1. The van der Waals surface area contributed by atoms with Gasteiger partial charge >= 0.3 is 0 Å². The molecule has 177 valence electrons. The number of ether oxygens (including phenoxy) is 1. The topological polar surface area (TPSA) is 77.7 Å². The summed E-state index contributed by atoms with van der Waals surface area (Å²) < 4.78 is 47.2. The van der Waals surface area contributed by atoms with Crippen LogP contribution in [0.1, 0.15) is 37.8 Å². The Balaban J connectivity index is 1.93. The lowest BCUT2D eigenvalue weighted by molar-refractivity contribution is 0.437. The fourth-order valence-electron chi connectivity index (χ4n) is 3.92. The molecule has 0 saturated carbocycles. The average Bonchev–Trinajstić information content (AvgIpc) is 3.28. The molecule has 2 aromatic carbocycles. The zero-order chi connectivity index (χ0) is 24.6. The van der Waals surface area contributed by atoms with Crippen LogP contribution >= 0.6 is 0 Å². The van der Waals surface area contributed by atoms with Gasteiger partial charge in [-0.25, -0.2) is 12.8 Å². The molecule has 0 fully saturated rings. The van der Waals surface area contributed by atoms with Gasteiger partial charge in [-0.1, -0.05) is 39.0 Å². The highest BCUT2D eigenvalue weighted by Gasteiger charge is 2.19. The maximum atomic E-state index is 15.2. The molecule has 1 aliphatic rings. The van der Waals surface area contributed by atoms with E-state index in [0.29, 0.717) is 38.6 Å². The molecule has 1 aromatic heterocycles. The molecular formula is C26H26FN2O4S. The maximum Gasteiger partial charge on any atom is 0.276 e. The van der Waals surface area contributed by atoms with Crippen LogP contribution in [0.15, 0.2) is 52.4 Å². The molecule has 2 heterocycles. The number of fused-ring (bicyclic) bond motifs is 1. The molecule has 0 atom stereocenters. The molecule has 1 radical (unpaired) electrons. The normalized spacial score (nSPS) is 12.9. The van der Waals surface area contributed by atoms with E-state index in [0.717, 1.165) is 0 Å². The van der Waals surface area contributed by atoms with Crippen molar-refractivity contribution in [2.75, 3.05) is 5.75 Å². The quantitative estimate of drug-likeness (QED) is 0.517. The largest absolute Gasteiger partial charge is 0.454 e. The van der Waals surface area contributed by atoms with E-state index in [1.807, 2.05) is 13.8 Å². The molecule has 8 heteroatoms. The van der Waals surface area contributed by atoms with E-state index < -0.39 is 15.7 Å². The monoisotopic (exact) mass is 481 g/mol. The summed E-state index contributed by atoms with van der Waals surface area (Å²) in [5, 5.41) is 0.908. The van der Waals surface area contributed by atoms with Crippen molar-refractivity contribution in [2.24, 2.45) is 12.0 Å². The Kier molecular flexibility index (Phi) is 6.45. The molecule has 0 aliphatic carbocycles. The van der Waals surface area contributed by atoms with Gasteiger partial charge in [0.1, 0.15) is 11.1 Å². The van der Waals surface area contributed by atoms with Gasteiger partial charge in [-0.3, -0.25) is 9.79 Å². The van der Waals surface area contributed by atoms with Crippen LogP contribution in [0.4, 0.5) is 4.39 Å². The Bertz CT molecular complexity index is 1560.